The summed E-state index contributed by atoms with van der Waals surface area (Å²) < 4.78 is 0. The van der Waals surface area contributed by atoms with E-state index in [-0.39, 0.29) is 17.7 Å². The van der Waals surface area contributed by atoms with Crippen LogP contribution >= 0.6 is 0 Å². The maximum Gasteiger partial charge on any atom is 0.314 e. The second-order valence-corrected chi connectivity index (χ2v) is 7.39. The molecule has 0 saturated carbocycles. The van der Waals surface area contributed by atoms with Crippen LogP contribution in [0.1, 0.15) is 33.6 Å². The van der Waals surface area contributed by atoms with Crippen LogP contribution in [0.25, 0.3) is 0 Å². The molecule has 1 atom stereocenters. The Morgan fingerprint density at radius 3 is 2.16 bits per heavy atom. The molecule has 1 aliphatic heterocycles. The van der Waals surface area contributed by atoms with Crippen LogP contribution in [0.3, 0.4) is 0 Å². The smallest absolute Gasteiger partial charge is 0.314 e. The maximum absolute atomic E-state index is 12.4. The van der Waals surface area contributed by atoms with Crippen molar-refractivity contribution < 1.29 is 14.4 Å². The van der Waals surface area contributed by atoms with Crippen LogP contribution in [0.4, 0.5) is 16.2 Å². The van der Waals surface area contributed by atoms with Crippen molar-refractivity contribution in [2.75, 3.05) is 23.7 Å². The highest BCUT2D eigenvalue weighted by atomic mass is 16.2. The van der Waals surface area contributed by atoms with E-state index in [0.717, 1.165) is 12.8 Å². The molecular weight excluding hydrogens is 320 g/mol. The largest absolute Gasteiger partial charge is 0.351 e. The minimum Gasteiger partial charge on any atom is -0.351 e. The fourth-order valence-corrected chi connectivity index (χ4v) is 2.59. The summed E-state index contributed by atoms with van der Waals surface area (Å²) in [5.41, 5.74) is 6.14. The van der Waals surface area contributed by atoms with Gasteiger partial charge in [0.2, 0.25) is 11.8 Å². The Hall–Kier alpha value is -2.57. The summed E-state index contributed by atoms with van der Waals surface area (Å²) in [7, 11) is 0. The summed E-state index contributed by atoms with van der Waals surface area (Å²) >= 11 is 0. The van der Waals surface area contributed by atoms with Crippen LogP contribution < -0.4 is 16.4 Å². The molecule has 1 aromatic rings. The Morgan fingerprint density at radius 2 is 1.64 bits per heavy atom. The third kappa shape index (κ3) is 5.20. The zero-order valence-corrected chi connectivity index (χ0v) is 15.0. The molecule has 0 bridgehead atoms. The van der Waals surface area contributed by atoms with Crippen molar-refractivity contribution in [3.63, 3.8) is 0 Å². The lowest BCUT2D eigenvalue weighted by Crippen LogP contribution is -2.46. The number of nitrogens with two attached hydrogens (primary N) is 1. The number of anilines is 2. The molecular formula is C18H26N4O3. The molecule has 136 valence electrons. The van der Waals surface area contributed by atoms with Crippen LogP contribution in [-0.4, -0.2) is 35.8 Å². The predicted octanol–water partition coefficient (Wildman–Crippen LogP) is 2.40. The summed E-state index contributed by atoms with van der Waals surface area (Å²) in [5.74, 6) is -0.461. The number of benzene rings is 1. The fourth-order valence-electron chi connectivity index (χ4n) is 2.59. The van der Waals surface area contributed by atoms with Crippen molar-refractivity contribution in [2.24, 2.45) is 17.1 Å². The van der Waals surface area contributed by atoms with Gasteiger partial charge < -0.3 is 21.3 Å². The van der Waals surface area contributed by atoms with Crippen LogP contribution in [0.5, 0.6) is 0 Å². The predicted molar refractivity (Wildman–Crippen MR) is 97.0 cm³/mol. The van der Waals surface area contributed by atoms with Gasteiger partial charge in [-0.3, -0.25) is 9.59 Å². The van der Waals surface area contributed by atoms with E-state index in [1.165, 1.54) is 4.90 Å². The molecule has 0 aromatic heterocycles. The average molecular weight is 346 g/mol. The van der Waals surface area contributed by atoms with Crippen molar-refractivity contribution >= 4 is 29.2 Å². The molecule has 4 amide bonds. The Labute approximate surface area is 147 Å². The highest BCUT2D eigenvalue weighted by Gasteiger charge is 2.27. The maximum atomic E-state index is 12.4. The zero-order chi connectivity index (χ0) is 18.6. The molecule has 1 aromatic carbocycles. The Bertz CT molecular complexity index is 649. The van der Waals surface area contributed by atoms with Gasteiger partial charge in [0, 0.05) is 29.9 Å². The first kappa shape index (κ1) is 18.8. The van der Waals surface area contributed by atoms with Gasteiger partial charge in [-0.1, -0.05) is 20.8 Å². The number of rotatable bonds is 3. The van der Waals surface area contributed by atoms with Crippen molar-refractivity contribution in [3.8, 4) is 0 Å². The number of hydrogen-bond donors (Lipinski definition) is 3. The Morgan fingerprint density at radius 1 is 1.08 bits per heavy atom. The van der Waals surface area contributed by atoms with Crippen LogP contribution in [0.15, 0.2) is 24.3 Å². The number of carbonyl (C=O) groups is 3. The van der Waals surface area contributed by atoms with Crippen LogP contribution in [0.2, 0.25) is 0 Å². The third-order valence-corrected chi connectivity index (χ3v) is 4.20. The lowest BCUT2D eigenvalue weighted by molar-refractivity contribution is -0.123. The zero-order valence-electron chi connectivity index (χ0n) is 15.0. The van der Waals surface area contributed by atoms with Gasteiger partial charge in [-0.15, -0.1) is 0 Å². The second kappa shape index (κ2) is 7.55. The van der Waals surface area contributed by atoms with Gasteiger partial charge >= 0.3 is 6.03 Å². The number of piperidine rings is 1. The van der Waals surface area contributed by atoms with Crippen molar-refractivity contribution in [1.82, 2.24) is 4.90 Å². The quantitative estimate of drug-likeness (QED) is 0.782. The van der Waals surface area contributed by atoms with Crippen molar-refractivity contribution in [3.05, 3.63) is 24.3 Å². The Balaban J connectivity index is 1.93. The van der Waals surface area contributed by atoms with E-state index in [1.54, 1.807) is 24.3 Å². The molecule has 7 nitrogen and oxygen atoms in total. The molecule has 0 aliphatic carbocycles. The van der Waals surface area contributed by atoms with Crippen molar-refractivity contribution in [1.29, 1.82) is 0 Å². The molecule has 1 fully saturated rings. The minimum absolute atomic E-state index is 0.0713. The molecule has 2 rings (SSSR count). The lowest BCUT2D eigenvalue weighted by atomic mass is 9.95. The molecule has 4 N–H and O–H groups in total. The van der Waals surface area contributed by atoms with E-state index < -0.39 is 11.4 Å². The van der Waals surface area contributed by atoms with Gasteiger partial charge in [-0.25, -0.2) is 4.79 Å². The van der Waals surface area contributed by atoms with Crippen LogP contribution in [0, 0.1) is 11.3 Å². The normalized spacial score (nSPS) is 17.7. The third-order valence-electron chi connectivity index (χ3n) is 4.20. The highest BCUT2D eigenvalue weighted by Crippen LogP contribution is 2.21. The first-order valence-corrected chi connectivity index (χ1v) is 8.43. The van der Waals surface area contributed by atoms with Gasteiger partial charge in [-0.05, 0) is 37.1 Å². The number of nitrogens with zero attached hydrogens (tertiary/aromatic N) is 1. The average Bonchev–Trinajstić information content (AvgIpc) is 2.55. The molecule has 1 aliphatic rings. The number of urea groups is 1. The van der Waals surface area contributed by atoms with Gasteiger partial charge in [0.05, 0.1) is 5.92 Å². The Kier molecular flexibility index (Phi) is 5.66. The second-order valence-electron chi connectivity index (χ2n) is 7.39. The number of carbonyl (C=O) groups excluding carboxylic acids is 3. The minimum atomic E-state index is -0.489. The monoisotopic (exact) mass is 346 g/mol. The highest BCUT2D eigenvalue weighted by molar-refractivity contribution is 5.96. The van der Waals surface area contributed by atoms with E-state index in [4.69, 9.17) is 5.73 Å². The lowest BCUT2D eigenvalue weighted by Gasteiger charge is -2.30. The molecule has 1 saturated heterocycles. The fraction of sp³-hybridized carbons (Fsp3) is 0.500. The summed E-state index contributed by atoms with van der Waals surface area (Å²) in [6.45, 7) is 6.48. The van der Waals surface area contributed by atoms with Gasteiger partial charge in [0.1, 0.15) is 0 Å². The molecule has 0 spiro atoms. The van der Waals surface area contributed by atoms with Gasteiger partial charge in [0.15, 0.2) is 0 Å². The number of hydrogen-bond acceptors (Lipinski definition) is 3. The SMILES string of the molecule is CC(C)(C)C(=O)Nc1ccc(NC(=O)C2CCCN(C(N)=O)C2)cc1. The molecule has 1 heterocycles. The van der Waals surface area contributed by atoms with E-state index in [9.17, 15) is 14.4 Å². The summed E-state index contributed by atoms with van der Waals surface area (Å²) in [6, 6.07) is 6.48. The van der Waals surface area contributed by atoms with Gasteiger partial charge in [0.25, 0.3) is 0 Å². The molecule has 25 heavy (non-hydrogen) atoms. The van der Waals surface area contributed by atoms with E-state index in [2.05, 4.69) is 10.6 Å². The standard InChI is InChI=1S/C18H26N4O3/c1-18(2,3)16(24)21-14-8-6-13(7-9-14)20-15(23)12-5-4-10-22(11-12)17(19)25/h6-9,12H,4-5,10-11H2,1-3H3,(H2,19,25)(H,20,23)(H,21,24). The van der Waals surface area contributed by atoms with E-state index in [1.807, 2.05) is 20.8 Å². The summed E-state index contributed by atoms with van der Waals surface area (Å²) in [6.07, 6.45) is 1.49. The van der Waals surface area contributed by atoms with Crippen molar-refractivity contribution in [2.45, 2.75) is 33.6 Å². The number of nitrogens with one attached hydrogen (secondary N) is 2. The molecule has 7 heteroatoms. The summed E-state index contributed by atoms with van der Waals surface area (Å²) in [5, 5.41) is 5.69. The summed E-state index contributed by atoms with van der Waals surface area (Å²) in [4.78, 5) is 37.1. The van der Waals surface area contributed by atoms with Gasteiger partial charge in [-0.2, -0.15) is 0 Å². The molecule has 1 unspecified atom stereocenters. The first-order chi connectivity index (χ1) is 11.7. The number of primary amides is 1. The molecule has 0 radical (unpaired) electrons. The van der Waals surface area contributed by atoms with Crippen LogP contribution in [-0.2, 0) is 9.59 Å². The first-order valence-electron chi connectivity index (χ1n) is 8.43. The number of likely N-dealkylation sites (tertiary alicyclic amines) is 1. The topological polar surface area (TPSA) is 105 Å². The number of amides is 4. The van der Waals surface area contributed by atoms with E-state index >= 15 is 0 Å². The van der Waals surface area contributed by atoms with E-state index in [0.29, 0.717) is 24.5 Å².